The highest BCUT2D eigenvalue weighted by atomic mass is 32.2. The molecule has 0 bridgehead atoms. The van der Waals surface area contributed by atoms with E-state index in [1.807, 2.05) is 34.9 Å². The molecule has 0 amide bonds. The van der Waals surface area contributed by atoms with Crippen molar-refractivity contribution in [2.45, 2.75) is 10.2 Å². The van der Waals surface area contributed by atoms with E-state index in [1.165, 1.54) is 11.8 Å². The fourth-order valence-corrected chi connectivity index (χ4v) is 2.35. The van der Waals surface area contributed by atoms with Gasteiger partial charge in [0.25, 0.3) is 0 Å². The van der Waals surface area contributed by atoms with Crippen molar-refractivity contribution >= 4 is 23.2 Å². The zero-order chi connectivity index (χ0) is 13.2. The molecule has 0 aliphatic heterocycles. The van der Waals surface area contributed by atoms with E-state index in [-0.39, 0.29) is 5.84 Å². The van der Waals surface area contributed by atoms with E-state index in [0.29, 0.717) is 5.56 Å². The summed E-state index contributed by atoms with van der Waals surface area (Å²) in [4.78, 5) is 4.24. The molecule has 3 N–H and O–H groups in total. The molecule has 0 saturated heterocycles. The summed E-state index contributed by atoms with van der Waals surface area (Å²) in [5.74, 6) is 0.0111. The number of hydrogen-bond acceptors (Lipinski definition) is 5. The molecule has 3 aromatic heterocycles. The van der Waals surface area contributed by atoms with Gasteiger partial charge in [-0.05, 0) is 36.0 Å². The van der Waals surface area contributed by atoms with Gasteiger partial charge in [0.1, 0.15) is 10.9 Å². The Morgan fingerprint density at radius 1 is 1.21 bits per heavy atom. The second-order valence-corrected chi connectivity index (χ2v) is 4.80. The lowest BCUT2D eigenvalue weighted by molar-refractivity contribution is 0.917. The van der Waals surface area contributed by atoms with Crippen molar-refractivity contribution in [2.24, 2.45) is 5.73 Å². The fraction of sp³-hybridized carbons (Fsp3) is 0. The first kappa shape index (κ1) is 11.7. The lowest BCUT2D eigenvalue weighted by Crippen LogP contribution is -2.11. The highest BCUT2D eigenvalue weighted by Crippen LogP contribution is 2.24. The second kappa shape index (κ2) is 4.69. The summed E-state index contributed by atoms with van der Waals surface area (Å²) in [5, 5.41) is 17.0. The van der Waals surface area contributed by atoms with Crippen LogP contribution < -0.4 is 5.73 Å². The van der Waals surface area contributed by atoms with E-state index in [1.54, 1.807) is 12.3 Å². The van der Waals surface area contributed by atoms with E-state index in [9.17, 15) is 0 Å². The maximum Gasteiger partial charge on any atom is 0.201 e. The van der Waals surface area contributed by atoms with Gasteiger partial charge in [-0.2, -0.15) is 0 Å². The van der Waals surface area contributed by atoms with E-state index in [4.69, 9.17) is 11.1 Å². The maximum absolute atomic E-state index is 7.31. The highest BCUT2D eigenvalue weighted by molar-refractivity contribution is 7.99. The molecule has 0 fully saturated rings. The lowest BCUT2D eigenvalue weighted by atomic mass is 10.3. The standard InChI is InChI=1S/C12H10N6S/c13-11(14)8-4-5-10(15-7-8)19-12-17-16-9-3-1-2-6-18(9)12/h1-7H,(H3,13,14). The Balaban J connectivity index is 1.90. The number of nitrogens with zero attached hydrogens (tertiary/aromatic N) is 4. The summed E-state index contributed by atoms with van der Waals surface area (Å²) in [6, 6.07) is 9.31. The number of hydrogen-bond donors (Lipinski definition) is 2. The number of aromatic nitrogens is 4. The Labute approximate surface area is 113 Å². The van der Waals surface area contributed by atoms with Gasteiger partial charge in [-0.1, -0.05) is 6.07 Å². The summed E-state index contributed by atoms with van der Waals surface area (Å²) in [6.07, 6.45) is 3.48. The molecule has 0 spiro atoms. The van der Waals surface area contributed by atoms with Gasteiger partial charge in [-0.3, -0.25) is 9.81 Å². The van der Waals surface area contributed by atoms with Crippen LogP contribution >= 0.6 is 11.8 Å². The summed E-state index contributed by atoms with van der Waals surface area (Å²) in [7, 11) is 0. The normalized spacial score (nSPS) is 10.7. The van der Waals surface area contributed by atoms with Gasteiger partial charge < -0.3 is 5.73 Å². The van der Waals surface area contributed by atoms with E-state index < -0.39 is 0 Å². The van der Waals surface area contributed by atoms with Gasteiger partial charge in [0.05, 0.1) is 0 Å². The van der Waals surface area contributed by atoms with Crippen LogP contribution in [-0.4, -0.2) is 25.4 Å². The molecule has 0 unspecified atom stereocenters. The van der Waals surface area contributed by atoms with Crippen molar-refractivity contribution in [3.63, 3.8) is 0 Å². The average molecular weight is 270 g/mol. The van der Waals surface area contributed by atoms with Gasteiger partial charge in [-0.15, -0.1) is 10.2 Å². The predicted octanol–water partition coefficient (Wildman–Crippen LogP) is 1.56. The Hall–Kier alpha value is -2.41. The van der Waals surface area contributed by atoms with Crippen molar-refractivity contribution in [1.82, 2.24) is 19.6 Å². The molecule has 0 aliphatic rings. The first-order chi connectivity index (χ1) is 9.24. The minimum atomic E-state index is 0.0111. The Kier molecular flexibility index (Phi) is 2.88. The maximum atomic E-state index is 7.31. The molecule has 94 valence electrons. The fourth-order valence-electron chi connectivity index (χ4n) is 1.58. The van der Waals surface area contributed by atoms with E-state index >= 15 is 0 Å². The molecular weight excluding hydrogens is 260 g/mol. The lowest BCUT2D eigenvalue weighted by Gasteiger charge is -2.01. The summed E-state index contributed by atoms with van der Waals surface area (Å²) >= 11 is 1.41. The first-order valence-electron chi connectivity index (χ1n) is 5.52. The molecule has 6 nitrogen and oxygen atoms in total. The van der Waals surface area contributed by atoms with Crippen LogP contribution in [0, 0.1) is 5.41 Å². The molecule has 0 aliphatic carbocycles. The predicted molar refractivity (Wildman–Crippen MR) is 72.4 cm³/mol. The molecule has 0 aromatic carbocycles. The van der Waals surface area contributed by atoms with Crippen molar-refractivity contribution in [3.05, 3.63) is 48.3 Å². The number of nitrogen functional groups attached to an aromatic ring is 1. The summed E-state index contributed by atoms with van der Waals surface area (Å²) in [5.41, 5.74) is 6.79. The van der Waals surface area contributed by atoms with Crippen LogP contribution in [-0.2, 0) is 0 Å². The van der Waals surface area contributed by atoms with Crippen LogP contribution in [0.3, 0.4) is 0 Å². The van der Waals surface area contributed by atoms with Crippen LogP contribution in [0.2, 0.25) is 0 Å². The van der Waals surface area contributed by atoms with Crippen molar-refractivity contribution in [1.29, 1.82) is 5.41 Å². The molecule has 0 radical (unpaired) electrons. The number of nitrogens with two attached hydrogens (primary N) is 1. The van der Waals surface area contributed by atoms with E-state index in [0.717, 1.165) is 15.8 Å². The minimum absolute atomic E-state index is 0.0111. The van der Waals surface area contributed by atoms with Gasteiger partial charge in [-0.25, -0.2) is 4.98 Å². The summed E-state index contributed by atoms with van der Waals surface area (Å²) in [6.45, 7) is 0. The molecule has 3 rings (SSSR count). The monoisotopic (exact) mass is 270 g/mol. The molecule has 7 heteroatoms. The van der Waals surface area contributed by atoms with Crippen molar-refractivity contribution < 1.29 is 0 Å². The first-order valence-corrected chi connectivity index (χ1v) is 6.34. The van der Waals surface area contributed by atoms with Gasteiger partial charge in [0.15, 0.2) is 5.65 Å². The molecule has 3 aromatic rings. The van der Waals surface area contributed by atoms with Crippen LogP contribution in [0.5, 0.6) is 0 Å². The molecular formula is C12H10N6S. The molecule has 0 saturated carbocycles. The van der Waals surface area contributed by atoms with Gasteiger partial charge >= 0.3 is 0 Å². The second-order valence-electron chi connectivity index (χ2n) is 3.81. The van der Waals surface area contributed by atoms with Crippen molar-refractivity contribution in [3.8, 4) is 0 Å². The van der Waals surface area contributed by atoms with Gasteiger partial charge in [0.2, 0.25) is 5.16 Å². The number of nitrogens with one attached hydrogen (secondary N) is 1. The number of rotatable bonds is 3. The zero-order valence-corrected chi connectivity index (χ0v) is 10.6. The zero-order valence-electron chi connectivity index (χ0n) is 9.82. The van der Waals surface area contributed by atoms with Crippen LogP contribution in [0.25, 0.3) is 5.65 Å². The molecule has 0 atom stereocenters. The van der Waals surface area contributed by atoms with Crippen molar-refractivity contribution in [2.75, 3.05) is 0 Å². The SMILES string of the molecule is N=C(N)c1ccc(Sc2nnc3ccccn23)nc1. The third-order valence-electron chi connectivity index (χ3n) is 2.53. The van der Waals surface area contributed by atoms with Gasteiger partial charge in [0, 0.05) is 18.0 Å². The number of pyridine rings is 2. The average Bonchev–Trinajstić information content (AvgIpc) is 2.83. The quantitative estimate of drug-likeness (QED) is 0.556. The van der Waals surface area contributed by atoms with E-state index in [2.05, 4.69) is 15.2 Å². The third kappa shape index (κ3) is 2.27. The largest absolute Gasteiger partial charge is 0.384 e. The smallest absolute Gasteiger partial charge is 0.201 e. The number of fused-ring (bicyclic) bond motifs is 1. The number of amidine groups is 1. The Morgan fingerprint density at radius 2 is 2.11 bits per heavy atom. The highest BCUT2D eigenvalue weighted by Gasteiger charge is 2.07. The van der Waals surface area contributed by atoms with Crippen LogP contribution in [0.15, 0.2) is 52.9 Å². The van der Waals surface area contributed by atoms with Crippen LogP contribution in [0.4, 0.5) is 0 Å². The summed E-state index contributed by atoms with van der Waals surface area (Å²) < 4.78 is 1.89. The minimum Gasteiger partial charge on any atom is -0.384 e. The molecule has 19 heavy (non-hydrogen) atoms. The van der Waals surface area contributed by atoms with Crippen LogP contribution in [0.1, 0.15) is 5.56 Å². The Morgan fingerprint density at radius 3 is 2.84 bits per heavy atom. The molecule has 3 heterocycles. The third-order valence-corrected chi connectivity index (χ3v) is 3.44. The Bertz CT molecular complexity index is 733. The topological polar surface area (TPSA) is 93.0 Å².